The predicted octanol–water partition coefficient (Wildman–Crippen LogP) is 2.04. The molecule has 5 rings (SSSR count). The minimum absolute atomic E-state index is 0.0178. The van der Waals surface area contributed by atoms with Crippen LogP contribution in [0.3, 0.4) is 0 Å². The molecule has 3 aromatic rings. The van der Waals surface area contributed by atoms with E-state index in [0.29, 0.717) is 5.65 Å². The van der Waals surface area contributed by atoms with Gasteiger partial charge in [0.15, 0.2) is 5.65 Å². The highest BCUT2D eigenvalue weighted by molar-refractivity contribution is 7.19. The Morgan fingerprint density at radius 3 is 2.88 bits per heavy atom. The summed E-state index contributed by atoms with van der Waals surface area (Å²) in [6, 6.07) is 0.242. The van der Waals surface area contributed by atoms with Gasteiger partial charge in [-0.05, 0) is 44.1 Å². The Morgan fingerprint density at radius 1 is 1.23 bits per heavy atom. The maximum atomic E-state index is 12.5. The number of amides is 1. The Balaban J connectivity index is 1.55. The SMILES string of the molecule is O=C(Cn1c(=O)nc2c3c4c(sc3ncn21)CCCC4)NC1CCCC1. The first-order valence-electron chi connectivity index (χ1n) is 9.38. The number of hydrogen-bond acceptors (Lipinski definition) is 5. The number of thiophene rings is 1. The van der Waals surface area contributed by atoms with E-state index in [0.717, 1.165) is 55.2 Å². The van der Waals surface area contributed by atoms with Crippen molar-refractivity contribution in [3.8, 4) is 0 Å². The molecule has 8 heteroatoms. The predicted molar refractivity (Wildman–Crippen MR) is 99.7 cm³/mol. The van der Waals surface area contributed by atoms with Crippen molar-refractivity contribution in [2.75, 3.05) is 0 Å². The van der Waals surface area contributed by atoms with Crippen LogP contribution in [0.1, 0.15) is 49.0 Å². The number of carbonyl (C=O) groups excluding carboxylic acids is 1. The molecule has 0 radical (unpaired) electrons. The topological polar surface area (TPSA) is 81.3 Å². The Labute approximate surface area is 154 Å². The summed E-state index contributed by atoms with van der Waals surface area (Å²) in [5.41, 5.74) is 1.53. The van der Waals surface area contributed by atoms with E-state index in [2.05, 4.69) is 15.3 Å². The molecule has 1 fully saturated rings. The molecule has 0 atom stereocenters. The van der Waals surface area contributed by atoms with Crippen LogP contribution < -0.4 is 11.0 Å². The molecule has 0 spiro atoms. The molecule has 3 heterocycles. The lowest BCUT2D eigenvalue weighted by molar-refractivity contribution is -0.122. The highest BCUT2D eigenvalue weighted by Gasteiger charge is 2.23. The number of hydrogen-bond donors (Lipinski definition) is 1. The standard InChI is InChI=1S/C18H21N5O2S/c24-14(20-11-5-1-2-6-11)9-22-18(25)21-16-15-12-7-3-4-8-13(12)26-17(15)19-10-23(16)22/h10-11H,1-9H2,(H,20,24). The minimum atomic E-state index is -0.392. The smallest absolute Gasteiger partial charge is 0.352 e. The lowest BCUT2D eigenvalue weighted by Gasteiger charge is -2.12. The average molecular weight is 371 g/mol. The van der Waals surface area contributed by atoms with Crippen LogP contribution in [0, 0.1) is 0 Å². The van der Waals surface area contributed by atoms with Gasteiger partial charge in [0.1, 0.15) is 17.7 Å². The van der Waals surface area contributed by atoms with E-state index in [4.69, 9.17) is 0 Å². The lowest BCUT2D eigenvalue weighted by atomic mass is 9.97. The van der Waals surface area contributed by atoms with Gasteiger partial charge in [0, 0.05) is 10.9 Å². The second kappa shape index (κ2) is 6.19. The second-order valence-electron chi connectivity index (χ2n) is 7.30. The van der Waals surface area contributed by atoms with Gasteiger partial charge in [-0.15, -0.1) is 11.3 Å². The number of fused-ring (bicyclic) bond motifs is 5. The van der Waals surface area contributed by atoms with Crippen molar-refractivity contribution in [2.24, 2.45) is 0 Å². The molecule has 7 nitrogen and oxygen atoms in total. The van der Waals surface area contributed by atoms with Gasteiger partial charge in [-0.2, -0.15) is 4.98 Å². The van der Waals surface area contributed by atoms with Crippen LogP contribution in [0.2, 0.25) is 0 Å². The Morgan fingerprint density at radius 2 is 2.04 bits per heavy atom. The molecule has 0 saturated heterocycles. The zero-order valence-electron chi connectivity index (χ0n) is 14.5. The zero-order valence-corrected chi connectivity index (χ0v) is 15.3. The highest BCUT2D eigenvalue weighted by atomic mass is 32.1. The number of carbonyl (C=O) groups is 1. The average Bonchev–Trinajstić information content (AvgIpc) is 3.33. The quantitative estimate of drug-likeness (QED) is 0.764. The summed E-state index contributed by atoms with van der Waals surface area (Å²) in [7, 11) is 0. The van der Waals surface area contributed by atoms with Gasteiger partial charge in [0.25, 0.3) is 0 Å². The summed E-state index contributed by atoms with van der Waals surface area (Å²) in [5, 5.41) is 4.03. The number of aryl methyl sites for hydroxylation is 2. The van der Waals surface area contributed by atoms with E-state index in [9.17, 15) is 9.59 Å². The van der Waals surface area contributed by atoms with E-state index in [1.165, 1.54) is 21.5 Å². The van der Waals surface area contributed by atoms with Gasteiger partial charge < -0.3 is 5.32 Å². The van der Waals surface area contributed by atoms with Crippen molar-refractivity contribution in [1.29, 1.82) is 0 Å². The number of rotatable bonds is 3. The molecule has 26 heavy (non-hydrogen) atoms. The van der Waals surface area contributed by atoms with Crippen molar-refractivity contribution < 1.29 is 4.79 Å². The van der Waals surface area contributed by atoms with Crippen LogP contribution in [0.15, 0.2) is 11.1 Å². The van der Waals surface area contributed by atoms with Crippen LogP contribution in [0.4, 0.5) is 0 Å². The molecular weight excluding hydrogens is 350 g/mol. The van der Waals surface area contributed by atoms with Crippen molar-refractivity contribution in [1.82, 2.24) is 24.5 Å². The van der Waals surface area contributed by atoms with E-state index in [1.807, 2.05) is 0 Å². The summed E-state index contributed by atoms with van der Waals surface area (Å²) in [4.78, 5) is 36.0. The van der Waals surface area contributed by atoms with Crippen molar-refractivity contribution >= 4 is 33.1 Å². The van der Waals surface area contributed by atoms with Gasteiger partial charge in [-0.25, -0.2) is 19.0 Å². The molecule has 3 aromatic heterocycles. The van der Waals surface area contributed by atoms with Gasteiger partial charge in [0.05, 0.1) is 5.39 Å². The summed E-state index contributed by atoms with van der Waals surface area (Å²) >= 11 is 1.71. The fourth-order valence-electron chi connectivity index (χ4n) is 4.30. The molecule has 2 aliphatic carbocycles. The number of nitrogens with zero attached hydrogens (tertiary/aromatic N) is 4. The fourth-order valence-corrected chi connectivity index (χ4v) is 5.52. The molecule has 136 valence electrons. The first kappa shape index (κ1) is 16.0. The van der Waals surface area contributed by atoms with Crippen LogP contribution >= 0.6 is 11.3 Å². The molecule has 1 saturated carbocycles. The molecule has 1 N–H and O–H groups in total. The molecule has 0 aliphatic heterocycles. The zero-order chi connectivity index (χ0) is 17.7. The Hall–Kier alpha value is -2.22. The number of nitrogens with one attached hydrogen (secondary N) is 1. The second-order valence-corrected chi connectivity index (χ2v) is 8.39. The minimum Gasteiger partial charge on any atom is -0.352 e. The van der Waals surface area contributed by atoms with E-state index < -0.39 is 5.69 Å². The largest absolute Gasteiger partial charge is 0.365 e. The third-order valence-electron chi connectivity index (χ3n) is 5.57. The van der Waals surface area contributed by atoms with Crippen molar-refractivity contribution in [2.45, 2.75) is 64.0 Å². The summed E-state index contributed by atoms with van der Waals surface area (Å²) in [6.45, 7) is -0.0178. The molecule has 2 aliphatic rings. The normalized spacial score (nSPS) is 17.8. The molecular formula is C18H21N5O2S. The maximum absolute atomic E-state index is 12.5. The van der Waals surface area contributed by atoms with Gasteiger partial charge in [-0.1, -0.05) is 12.8 Å². The Kier molecular flexibility index (Phi) is 3.81. The molecule has 0 unspecified atom stereocenters. The van der Waals surface area contributed by atoms with E-state index in [-0.39, 0.29) is 18.5 Å². The summed E-state index contributed by atoms with van der Waals surface area (Å²) in [6.07, 6.45) is 10.5. The Bertz CT molecular complexity index is 1060. The van der Waals surface area contributed by atoms with Gasteiger partial charge in [-0.3, -0.25) is 4.79 Å². The summed E-state index contributed by atoms with van der Waals surface area (Å²) < 4.78 is 3.04. The number of aromatic nitrogens is 4. The van der Waals surface area contributed by atoms with Gasteiger partial charge in [0.2, 0.25) is 5.91 Å². The first-order chi connectivity index (χ1) is 12.7. The molecule has 0 bridgehead atoms. The van der Waals surface area contributed by atoms with Crippen LogP contribution in [-0.2, 0) is 24.2 Å². The first-order valence-corrected chi connectivity index (χ1v) is 10.2. The summed E-state index contributed by atoms with van der Waals surface area (Å²) in [5.74, 6) is -0.131. The third-order valence-corrected chi connectivity index (χ3v) is 6.77. The third kappa shape index (κ3) is 2.55. The van der Waals surface area contributed by atoms with Crippen molar-refractivity contribution in [3.63, 3.8) is 0 Å². The van der Waals surface area contributed by atoms with E-state index in [1.54, 1.807) is 22.2 Å². The van der Waals surface area contributed by atoms with Gasteiger partial charge >= 0.3 is 5.69 Å². The highest BCUT2D eigenvalue weighted by Crippen LogP contribution is 2.36. The van der Waals surface area contributed by atoms with Crippen LogP contribution in [-0.4, -0.2) is 31.1 Å². The maximum Gasteiger partial charge on any atom is 0.365 e. The fraction of sp³-hybridized carbons (Fsp3) is 0.556. The molecule has 1 amide bonds. The van der Waals surface area contributed by atoms with Crippen molar-refractivity contribution in [3.05, 3.63) is 27.3 Å². The van der Waals surface area contributed by atoms with Crippen LogP contribution in [0.25, 0.3) is 15.9 Å². The lowest BCUT2D eigenvalue weighted by Crippen LogP contribution is -2.38. The van der Waals surface area contributed by atoms with E-state index >= 15 is 0 Å². The molecule has 0 aromatic carbocycles. The monoisotopic (exact) mass is 371 g/mol. The van der Waals surface area contributed by atoms with Crippen LogP contribution in [0.5, 0.6) is 0 Å².